The summed E-state index contributed by atoms with van der Waals surface area (Å²) in [5.74, 6) is 1.03. The molecule has 0 N–H and O–H groups in total. The number of fused-ring (bicyclic) bond motifs is 8. The van der Waals surface area contributed by atoms with Crippen molar-refractivity contribution in [1.29, 1.82) is 0 Å². The average molecular weight is 900 g/mol. The summed E-state index contributed by atoms with van der Waals surface area (Å²) in [5, 5.41) is 5.28. The molecule has 8 aromatic carbocycles. The second kappa shape index (κ2) is 16.4. The van der Waals surface area contributed by atoms with Gasteiger partial charge in [0.15, 0.2) is 0 Å². The lowest BCUT2D eigenvalue weighted by Crippen LogP contribution is -2.59. The normalized spacial score (nSPS) is 12.8. The van der Waals surface area contributed by atoms with E-state index in [0.29, 0.717) is 17.8 Å². The Kier molecular flexibility index (Phi) is 10.7. The first kappa shape index (κ1) is 44.7. The van der Waals surface area contributed by atoms with Crippen molar-refractivity contribution >= 4 is 83.8 Å². The molecule has 0 saturated heterocycles. The fourth-order valence-electron chi connectivity index (χ4n) is 12.6. The first-order valence-corrected chi connectivity index (χ1v) is 25.4. The van der Waals surface area contributed by atoms with E-state index in [1.807, 2.05) is 0 Å². The molecule has 3 heterocycles. The van der Waals surface area contributed by atoms with Gasteiger partial charge >= 0.3 is 0 Å². The number of rotatable bonds is 7. The molecular formula is C65H66BN3. The Morgan fingerprint density at radius 2 is 0.725 bits per heavy atom. The summed E-state index contributed by atoms with van der Waals surface area (Å²) < 4.78 is 5.18. The van der Waals surface area contributed by atoms with E-state index in [1.54, 1.807) is 0 Å². The SMILES string of the molecule is Cc1cc(C)c2c(c1)c1cc(C)cc(C)c1n2-c1ccc2c(c1)B(c1c(C(C)C)cc(C(C)C)cc1C(C)C)c1cc(-n3c4c(C)cc(C)cc4c4cc(C)cc(C)c43)ccc1N2c1ccccc1. The molecule has 1 aliphatic rings. The maximum absolute atomic E-state index is 2.59. The summed E-state index contributed by atoms with van der Waals surface area (Å²) in [6.45, 7) is 32.4. The standard InChI is InChI=1S/C65H66BN3/c1-36(2)47-32-51(37(3)4)61(52(33-47)38(5)6)66-57-34-49(68-62-43(11)24-39(7)28-53(62)54-29-40(8)25-44(12)63(54)68)20-22-59(57)67(48-18-16-15-17-19-48)60-23-21-50(35-58(60)66)69-64-45(13)26-41(9)30-55(64)56-31-42(10)27-46(14)65(56)69/h15-38H,1-14H3. The summed E-state index contributed by atoms with van der Waals surface area (Å²) >= 11 is 0. The monoisotopic (exact) mass is 900 g/mol. The number of nitrogens with zero attached hydrogens (tertiary/aromatic N) is 3. The molecule has 0 amide bonds. The summed E-state index contributed by atoms with van der Waals surface area (Å²) in [6.07, 6.45) is 0. The lowest BCUT2D eigenvalue weighted by atomic mass is 9.33. The van der Waals surface area contributed by atoms with Gasteiger partial charge in [-0.2, -0.15) is 0 Å². The number of hydrogen-bond donors (Lipinski definition) is 0. The van der Waals surface area contributed by atoms with Crippen LogP contribution in [0.3, 0.4) is 0 Å². The van der Waals surface area contributed by atoms with Gasteiger partial charge in [-0.15, -0.1) is 0 Å². The Balaban J connectivity index is 1.30. The molecule has 0 spiro atoms. The predicted molar refractivity (Wildman–Crippen MR) is 301 cm³/mol. The molecule has 2 aromatic heterocycles. The van der Waals surface area contributed by atoms with Gasteiger partial charge in [-0.05, 0) is 196 Å². The molecule has 0 radical (unpaired) electrons. The predicted octanol–water partition coefficient (Wildman–Crippen LogP) is 16.0. The zero-order chi connectivity index (χ0) is 48.5. The second-order valence-electron chi connectivity index (χ2n) is 21.8. The van der Waals surface area contributed by atoms with E-state index in [1.165, 1.54) is 144 Å². The van der Waals surface area contributed by atoms with Gasteiger partial charge in [-0.1, -0.05) is 124 Å². The Morgan fingerprint density at radius 3 is 1.06 bits per heavy atom. The van der Waals surface area contributed by atoms with Crippen LogP contribution < -0.4 is 21.3 Å². The zero-order valence-electron chi connectivity index (χ0n) is 43.3. The molecule has 0 bridgehead atoms. The third-order valence-corrected chi connectivity index (χ3v) is 15.4. The van der Waals surface area contributed by atoms with Crippen molar-refractivity contribution < 1.29 is 0 Å². The molecule has 0 fully saturated rings. The van der Waals surface area contributed by atoms with Crippen molar-refractivity contribution in [2.45, 2.75) is 115 Å². The molecular weight excluding hydrogens is 834 g/mol. The van der Waals surface area contributed by atoms with Crippen LogP contribution in [-0.4, -0.2) is 15.8 Å². The number of hydrogen-bond acceptors (Lipinski definition) is 1. The first-order chi connectivity index (χ1) is 33.0. The van der Waals surface area contributed by atoms with Crippen LogP contribution in [0.5, 0.6) is 0 Å². The third kappa shape index (κ3) is 6.99. The van der Waals surface area contributed by atoms with Crippen LogP contribution in [0, 0.1) is 55.4 Å². The fourth-order valence-corrected chi connectivity index (χ4v) is 12.6. The van der Waals surface area contributed by atoms with Crippen molar-refractivity contribution in [1.82, 2.24) is 9.13 Å². The largest absolute Gasteiger partial charge is 0.312 e. The van der Waals surface area contributed by atoms with Crippen LogP contribution in [0.1, 0.15) is 120 Å². The van der Waals surface area contributed by atoms with Crippen molar-refractivity contribution in [2.75, 3.05) is 4.90 Å². The lowest BCUT2D eigenvalue weighted by Gasteiger charge is -2.39. The number of benzene rings is 8. The molecule has 0 atom stereocenters. The molecule has 0 aliphatic carbocycles. The quantitative estimate of drug-likeness (QED) is 0.145. The fraction of sp³-hybridized carbons (Fsp3) is 0.262. The Bertz CT molecular complexity index is 3400. The van der Waals surface area contributed by atoms with Gasteiger partial charge < -0.3 is 14.0 Å². The van der Waals surface area contributed by atoms with Gasteiger partial charge in [-0.3, -0.25) is 0 Å². The highest BCUT2D eigenvalue weighted by molar-refractivity contribution is 6.98. The van der Waals surface area contributed by atoms with E-state index in [2.05, 4.69) is 238 Å². The van der Waals surface area contributed by atoms with E-state index in [9.17, 15) is 0 Å². The Morgan fingerprint density at radius 1 is 0.362 bits per heavy atom. The highest BCUT2D eigenvalue weighted by Gasteiger charge is 2.40. The van der Waals surface area contributed by atoms with E-state index in [4.69, 9.17) is 0 Å². The molecule has 1 aliphatic heterocycles. The van der Waals surface area contributed by atoms with E-state index in [0.717, 1.165) is 5.69 Å². The van der Waals surface area contributed by atoms with E-state index >= 15 is 0 Å². The van der Waals surface area contributed by atoms with Crippen LogP contribution in [0.2, 0.25) is 0 Å². The summed E-state index contributed by atoms with van der Waals surface area (Å²) in [7, 11) is 0. The van der Waals surface area contributed by atoms with Crippen molar-refractivity contribution in [3.63, 3.8) is 0 Å². The number of anilines is 3. The molecule has 0 unspecified atom stereocenters. The lowest BCUT2D eigenvalue weighted by molar-refractivity contribution is 0.812. The number of para-hydroxylation sites is 1. The van der Waals surface area contributed by atoms with Gasteiger partial charge in [0.25, 0.3) is 0 Å². The van der Waals surface area contributed by atoms with Gasteiger partial charge in [0, 0.05) is 50.0 Å². The maximum atomic E-state index is 2.59. The van der Waals surface area contributed by atoms with Gasteiger partial charge in [-0.25, -0.2) is 0 Å². The smallest absolute Gasteiger partial charge is 0.247 e. The molecule has 0 saturated carbocycles. The molecule has 10 aromatic rings. The Hall–Kier alpha value is -6.78. The maximum Gasteiger partial charge on any atom is 0.247 e. The van der Waals surface area contributed by atoms with Gasteiger partial charge in [0.1, 0.15) is 0 Å². The number of aromatic nitrogens is 2. The topological polar surface area (TPSA) is 13.1 Å². The van der Waals surface area contributed by atoms with E-state index in [-0.39, 0.29) is 6.71 Å². The highest BCUT2D eigenvalue weighted by atomic mass is 15.2. The van der Waals surface area contributed by atoms with Crippen molar-refractivity contribution in [2.24, 2.45) is 0 Å². The summed E-state index contributed by atoms with van der Waals surface area (Å²) in [4.78, 5) is 2.55. The third-order valence-electron chi connectivity index (χ3n) is 15.4. The molecule has 69 heavy (non-hydrogen) atoms. The molecule has 344 valence electrons. The molecule has 3 nitrogen and oxygen atoms in total. The minimum absolute atomic E-state index is 0.0644. The van der Waals surface area contributed by atoms with Crippen LogP contribution in [0.25, 0.3) is 55.0 Å². The van der Waals surface area contributed by atoms with Crippen molar-refractivity contribution in [3.8, 4) is 11.4 Å². The van der Waals surface area contributed by atoms with Crippen LogP contribution >= 0.6 is 0 Å². The Labute approximate surface area is 410 Å². The van der Waals surface area contributed by atoms with E-state index < -0.39 is 0 Å². The minimum atomic E-state index is -0.0644. The van der Waals surface area contributed by atoms with Crippen LogP contribution in [-0.2, 0) is 0 Å². The first-order valence-electron chi connectivity index (χ1n) is 25.4. The molecule has 4 heteroatoms. The summed E-state index contributed by atoms with van der Waals surface area (Å²) in [6, 6.07) is 50.0. The second-order valence-corrected chi connectivity index (χ2v) is 21.8. The minimum Gasteiger partial charge on any atom is -0.312 e. The van der Waals surface area contributed by atoms with Crippen LogP contribution in [0.4, 0.5) is 17.1 Å². The number of aryl methyl sites for hydroxylation is 8. The van der Waals surface area contributed by atoms with Gasteiger partial charge in [0.2, 0.25) is 6.71 Å². The van der Waals surface area contributed by atoms with Crippen LogP contribution in [0.15, 0.2) is 127 Å². The summed E-state index contributed by atoms with van der Waals surface area (Å²) in [5.41, 5.74) is 29.9. The highest BCUT2D eigenvalue weighted by Crippen LogP contribution is 2.43. The zero-order valence-corrected chi connectivity index (χ0v) is 43.3. The molecule has 11 rings (SSSR count). The average Bonchev–Trinajstić information content (AvgIpc) is 3.81. The van der Waals surface area contributed by atoms with Gasteiger partial charge in [0.05, 0.1) is 22.1 Å². The van der Waals surface area contributed by atoms with Crippen molar-refractivity contribution in [3.05, 3.63) is 189 Å².